The Morgan fingerprint density at radius 2 is 1.89 bits per heavy atom. The fraction of sp³-hybridized carbons (Fsp3) is 0.600. The fourth-order valence-electron chi connectivity index (χ4n) is 3.58. The summed E-state index contributed by atoms with van der Waals surface area (Å²) in [5.41, 5.74) is -0.383. The van der Waals surface area contributed by atoms with Gasteiger partial charge in [-0.15, -0.1) is 0 Å². The summed E-state index contributed by atoms with van der Waals surface area (Å²) in [4.78, 5) is 29.6. The van der Waals surface area contributed by atoms with Gasteiger partial charge in [0.2, 0.25) is 5.91 Å². The van der Waals surface area contributed by atoms with Crippen LogP contribution in [0.3, 0.4) is 0 Å². The molecule has 0 atom stereocenters. The molecule has 2 fully saturated rings. The maximum atomic E-state index is 12.2. The minimum atomic E-state index is -0.383. The molecule has 2 aliphatic heterocycles. The molecule has 0 saturated carbocycles. The summed E-state index contributed by atoms with van der Waals surface area (Å²) < 4.78 is 11.4. The first kappa shape index (κ1) is 19.5. The van der Waals surface area contributed by atoms with Crippen LogP contribution in [0, 0.1) is 0 Å². The highest BCUT2D eigenvalue weighted by molar-refractivity contribution is 5.75. The van der Waals surface area contributed by atoms with Gasteiger partial charge in [0.05, 0.1) is 13.1 Å². The summed E-state index contributed by atoms with van der Waals surface area (Å²) >= 11 is 0. The zero-order valence-electron chi connectivity index (χ0n) is 16.2. The first-order valence-electron chi connectivity index (χ1n) is 9.56. The van der Waals surface area contributed by atoms with E-state index in [0.29, 0.717) is 26.1 Å². The molecule has 27 heavy (non-hydrogen) atoms. The van der Waals surface area contributed by atoms with Crippen LogP contribution in [0.25, 0.3) is 0 Å². The number of likely N-dealkylation sites (tertiary alicyclic amines) is 1. The Bertz CT molecular complexity index is 642. The van der Waals surface area contributed by atoms with Gasteiger partial charge in [0.15, 0.2) is 0 Å². The molecule has 0 N–H and O–H groups in total. The molecule has 0 aromatic heterocycles. The minimum Gasteiger partial charge on any atom is -0.492 e. The second-order valence-electron chi connectivity index (χ2n) is 7.51. The molecule has 2 heterocycles. The molecule has 1 spiro atoms. The van der Waals surface area contributed by atoms with Gasteiger partial charge in [0, 0.05) is 53.0 Å². The van der Waals surface area contributed by atoms with Crippen LogP contribution in [0.1, 0.15) is 19.3 Å². The summed E-state index contributed by atoms with van der Waals surface area (Å²) in [5.74, 6) is 0.951. The van der Waals surface area contributed by atoms with Crippen molar-refractivity contribution in [2.45, 2.75) is 24.9 Å². The maximum absolute atomic E-state index is 12.2. The predicted octanol–water partition coefficient (Wildman–Crippen LogP) is 1.83. The van der Waals surface area contributed by atoms with Gasteiger partial charge in [-0.2, -0.15) is 0 Å². The molecule has 3 rings (SSSR count). The summed E-state index contributed by atoms with van der Waals surface area (Å²) in [6.07, 6.45) is 1.90. The number of piperidine rings is 1. The number of hydrogen-bond donors (Lipinski definition) is 0. The number of hydrogen-bond acceptors (Lipinski definition) is 5. The normalized spacial score (nSPS) is 19.2. The maximum Gasteiger partial charge on any atom is 0.410 e. The lowest BCUT2D eigenvalue weighted by molar-refractivity contribution is -0.129. The van der Waals surface area contributed by atoms with E-state index in [1.807, 2.05) is 30.3 Å². The summed E-state index contributed by atoms with van der Waals surface area (Å²) in [5, 5.41) is 0. The average molecular weight is 375 g/mol. The van der Waals surface area contributed by atoms with Crippen molar-refractivity contribution in [3.8, 4) is 5.75 Å². The lowest BCUT2D eigenvalue weighted by atomic mass is 9.91. The predicted molar refractivity (Wildman–Crippen MR) is 102 cm³/mol. The molecule has 2 amide bonds. The van der Waals surface area contributed by atoms with Crippen LogP contribution in [0.4, 0.5) is 4.79 Å². The zero-order chi connectivity index (χ0) is 19.3. The molecule has 2 saturated heterocycles. The molecule has 7 heteroatoms. The van der Waals surface area contributed by atoms with E-state index >= 15 is 0 Å². The highest BCUT2D eigenvalue weighted by atomic mass is 16.6. The van der Waals surface area contributed by atoms with E-state index in [1.54, 1.807) is 23.9 Å². The van der Waals surface area contributed by atoms with E-state index in [1.165, 1.54) is 0 Å². The van der Waals surface area contributed by atoms with E-state index in [0.717, 1.165) is 38.2 Å². The lowest BCUT2D eigenvalue weighted by Gasteiger charge is -2.37. The molecule has 0 radical (unpaired) electrons. The summed E-state index contributed by atoms with van der Waals surface area (Å²) in [6.45, 7) is 4.05. The highest BCUT2D eigenvalue weighted by Gasteiger charge is 2.46. The third-order valence-corrected chi connectivity index (χ3v) is 5.32. The summed E-state index contributed by atoms with van der Waals surface area (Å²) in [6, 6.07) is 9.60. The minimum absolute atomic E-state index is 0.146. The molecule has 0 aliphatic carbocycles. The monoisotopic (exact) mass is 375 g/mol. The summed E-state index contributed by atoms with van der Waals surface area (Å²) in [7, 11) is 3.56. The van der Waals surface area contributed by atoms with Crippen LogP contribution in [-0.2, 0) is 9.53 Å². The van der Waals surface area contributed by atoms with Crippen molar-refractivity contribution in [1.29, 1.82) is 0 Å². The SMILES string of the molecule is CN(C)C(=O)CCN1CCC2(CC1)CN(CCOc1ccccc1)C(=O)O2. The number of carbonyl (C=O) groups is 2. The van der Waals surface area contributed by atoms with Crippen molar-refractivity contribution in [3.05, 3.63) is 30.3 Å². The molecular formula is C20H29N3O4. The van der Waals surface area contributed by atoms with Crippen molar-refractivity contribution in [2.75, 3.05) is 53.4 Å². The number of para-hydroxylation sites is 1. The van der Waals surface area contributed by atoms with Gasteiger partial charge in [-0.3, -0.25) is 4.79 Å². The second-order valence-corrected chi connectivity index (χ2v) is 7.51. The Hall–Kier alpha value is -2.28. The molecule has 148 valence electrons. The van der Waals surface area contributed by atoms with E-state index in [4.69, 9.17) is 9.47 Å². The molecule has 0 unspecified atom stereocenters. The van der Waals surface area contributed by atoms with Crippen molar-refractivity contribution in [1.82, 2.24) is 14.7 Å². The Morgan fingerprint density at radius 1 is 1.19 bits per heavy atom. The van der Waals surface area contributed by atoms with Crippen LogP contribution in [0.15, 0.2) is 30.3 Å². The number of nitrogens with zero attached hydrogens (tertiary/aromatic N) is 3. The standard InChI is InChI=1S/C20H29N3O4/c1-21(2)18(24)8-11-22-12-9-20(10-13-22)16-23(19(25)27-20)14-15-26-17-6-4-3-5-7-17/h3-7H,8-16H2,1-2H3. The van der Waals surface area contributed by atoms with E-state index < -0.39 is 0 Å². The second kappa shape index (κ2) is 8.61. The van der Waals surface area contributed by atoms with E-state index in [9.17, 15) is 9.59 Å². The van der Waals surface area contributed by atoms with Crippen LogP contribution in [0.2, 0.25) is 0 Å². The fourth-order valence-corrected chi connectivity index (χ4v) is 3.58. The lowest BCUT2D eigenvalue weighted by Crippen LogP contribution is -2.47. The van der Waals surface area contributed by atoms with Crippen molar-refractivity contribution >= 4 is 12.0 Å². The molecule has 7 nitrogen and oxygen atoms in total. The third kappa shape index (κ3) is 5.13. The van der Waals surface area contributed by atoms with E-state index in [2.05, 4.69) is 4.90 Å². The molecular weight excluding hydrogens is 346 g/mol. The molecule has 2 aliphatic rings. The van der Waals surface area contributed by atoms with Gasteiger partial charge in [0.25, 0.3) is 0 Å². The van der Waals surface area contributed by atoms with Crippen molar-refractivity contribution in [3.63, 3.8) is 0 Å². The molecule has 1 aromatic rings. The van der Waals surface area contributed by atoms with Crippen LogP contribution in [0.5, 0.6) is 5.75 Å². The zero-order valence-corrected chi connectivity index (χ0v) is 16.2. The first-order chi connectivity index (χ1) is 13.0. The molecule has 0 bridgehead atoms. The van der Waals surface area contributed by atoms with Crippen molar-refractivity contribution in [2.24, 2.45) is 0 Å². The quantitative estimate of drug-likeness (QED) is 0.728. The van der Waals surface area contributed by atoms with Gasteiger partial charge < -0.3 is 24.2 Å². The number of benzene rings is 1. The Labute approximate surface area is 160 Å². The van der Waals surface area contributed by atoms with Crippen LogP contribution in [-0.4, -0.2) is 85.7 Å². The van der Waals surface area contributed by atoms with E-state index in [-0.39, 0.29) is 17.6 Å². The average Bonchev–Trinajstić information content (AvgIpc) is 2.97. The third-order valence-electron chi connectivity index (χ3n) is 5.32. The Balaban J connectivity index is 1.41. The van der Waals surface area contributed by atoms with Gasteiger partial charge in [-0.25, -0.2) is 4.79 Å². The largest absolute Gasteiger partial charge is 0.492 e. The number of carbonyl (C=O) groups excluding carboxylic acids is 2. The van der Waals surface area contributed by atoms with Crippen LogP contribution >= 0.6 is 0 Å². The highest BCUT2D eigenvalue weighted by Crippen LogP contribution is 2.33. The van der Waals surface area contributed by atoms with Gasteiger partial charge in [0.1, 0.15) is 18.0 Å². The number of ether oxygens (including phenoxy) is 2. The number of rotatable bonds is 7. The molecule has 1 aromatic carbocycles. The topological polar surface area (TPSA) is 62.3 Å². The van der Waals surface area contributed by atoms with Gasteiger partial charge in [-0.1, -0.05) is 18.2 Å². The van der Waals surface area contributed by atoms with Gasteiger partial charge >= 0.3 is 6.09 Å². The van der Waals surface area contributed by atoms with Crippen molar-refractivity contribution < 1.29 is 19.1 Å². The Kier molecular flexibility index (Phi) is 6.21. The van der Waals surface area contributed by atoms with Crippen LogP contribution < -0.4 is 4.74 Å². The van der Waals surface area contributed by atoms with Gasteiger partial charge in [-0.05, 0) is 12.1 Å². The smallest absolute Gasteiger partial charge is 0.410 e. The number of amides is 2. The Morgan fingerprint density at radius 3 is 2.56 bits per heavy atom. The first-order valence-corrected chi connectivity index (χ1v) is 9.56.